The zero-order valence-electron chi connectivity index (χ0n) is 10.7. The van der Waals surface area contributed by atoms with E-state index in [0.29, 0.717) is 17.0 Å². The van der Waals surface area contributed by atoms with E-state index < -0.39 is 5.41 Å². The number of nitrogen functional groups attached to an aromatic ring is 1. The smallest absolute Gasteiger partial charge is 0.314 e. The third-order valence-electron chi connectivity index (χ3n) is 2.47. The summed E-state index contributed by atoms with van der Waals surface area (Å²) in [5.74, 6) is 0.0979. The quantitative estimate of drug-likeness (QED) is 0.647. The number of nitrogens with two attached hydrogens (primary N) is 1. The van der Waals surface area contributed by atoms with Crippen molar-refractivity contribution in [3.8, 4) is 11.8 Å². The van der Waals surface area contributed by atoms with Crippen LogP contribution in [-0.2, 0) is 9.53 Å². The maximum atomic E-state index is 11.5. The summed E-state index contributed by atoms with van der Waals surface area (Å²) in [5, 5.41) is 8.71. The molecule has 5 nitrogen and oxygen atoms in total. The molecule has 0 saturated carbocycles. The Kier molecular flexibility index (Phi) is 4.16. The number of carbonyl (C=O) groups excluding carboxylic acids is 1. The molecule has 0 radical (unpaired) electrons. The SMILES string of the molecule is COC(=O)C(C)(C)COc1ccc(C#N)cc1N. The van der Waals surface area contributed by atoms with Gasteiger partial charge in [-0.3, -0.25) is 4.79 Å². The number of benzene rings is 1. The highest BCUT2D eigenvalue weighted by atomic mass is 16.5. The van der Waals surface area contributed by atoms with Gasteiger partial charge < -0.3 is 15.2 Å². The average Bonchev–Trinajstić information content (AvgIpc) is 2.36. The molecule has 1 aromatic rings. The molecule has 5 heteroatoms. The van der Waals surface area contributed by atoms with Crippen molar-refractivity contribution in [2.45, 2.75) is 13.8 Å². The molecule has 0 saturated heterocycles. The lowest BCUT2D eigenvalue weighted by Crippen LogP contribution is -2.32. The summed E-state index contributed by atoms with van der Waals surface area (Å²) < 4.78 is 10.2. The number of hydrogen-bond donors (Lipinski definition) is 1. The molecule has 0 heterocycles. The van der Waals surface area contributed by atoms with Gasteiger partial charge in [-0.15, -0.1) is 0 Å². The molecule has 0 atom stereocenters. The lowest BCUT2D eigenvalue weighted by Gasteiger charge is -2.22. The standard InChI is InChI=1S/C13H16N2O3/c1-13(2,12(16)17-3)8-18-11-5-4-9(7-14)6-10(11)15/h4-6H,8,15H2,1-3H3. The molecule has 0 aliphatic carbocycles. The zero-order chi connectivity index (χ0) is 13.8. The van der Waals surface area contributed by atoms with Gasteiger partial charge in [0.05, 0.1) is 29.8 Å². The molecule has 0 amide bonds. The van der Waals surface area contributed by atoms with Crippen LogP contribution < -0.4 is 10.5 Å². The van der Waals surface area contributed by atoms with Gasteiger partial charge in [0.15, 0.2) is 0 Å². The Bertz CT molecular complexity index is 489. The van der Waals surface area contributed by atoms with Gasteiger partial charge >= 0.3 is 5.97 Å². The van der Waals surface area contributed by atoms with Crippen LogP contribution >= 0.6 is 0 Å². The number of hydrogen-bond acceptors (Lipinski definition) is 5. The number of esters is 1. The molecule has 1 aromatic carbocycles. The normalized spacial score (nSPS) is 10.6. The molecule has 1 rings (SSSR count). The van der Waals surface area contributed by atoms with Crippen LogP contribution in [0.3, 0.4) is 0 Å². The first kappa shape index (κ1) is 13.8. The van der Waals surface area contributed by atoms with Gasteiger partial charge in [-0.05, 0) is 32.0 Å². The van der Waals surface area contributed by atoms with E-state index in [2.05, 4.69) is 4.74 Å². The number of methoxy groups -OCH3 is 1. The van der Waals surface area contributed by atoms with Crippen molar-refractivity contribution in [2.75, 3.05) is 19.5 Å². The highest BCUT2D eigenvalue weighted by Crippen LogP contribution is 2.25. The van der Waals surface area contributed by atoms with Crippen LogP contribution in [0.5, 0.6) is 5.75 Å². The fourth-order valence-electron chi connectivity index (χ4n) is 1.34. The van der Waals surface area contributed by atoms with Crippen LogP contribution in [0.25, 0.3) is 0 Å². The number of carbonyl (C=O) groups is 1. The lowest BCUT2D eigenvalue weighted by atomic mass is 9.95. The molecule has 0 fully saturated rings. The highest BCUT2D eigenvalue weighted by Gasteiger charge is 2.29. The van der Waals surface area contributed by atoms with Crippen molar-refractivity contribution in [2.24, 2.45) is 5.41 Å². The third kappa shape index (κ3) is 3.14. The van der Waals surface area contributed by atoms with E-state index >= 15 is 0 Å². The van der Waals surface area contributed by atoms with Crippen LogP contribution in [0.4, 0.5) is 5.69 Å². The lowest BCUT2D eigenvalue weighted by molar-refractivity contribution is -0.152. The second-order valence-corrected chi connectivity index (χ2v) is 4.53. The van der Waals surface area contributed by atoms with Gasteiger partial charge in [-0.1, -0.05) is 0 Å². The van der Waals surface area contributed by atoms with Crippen molar-refractivity contribution in [3.63, 3.8) is 0 Å². The first-order valence-electron chi connectivity index (χ1n) is 5.41. The van der Waals surface area contributed by atoms with Crippen molar-refractivity contribution >= 4 is 11.7 Å². The van der Waals surface area contributed by atoms with Crippen molar-refractivity contribution in [1.29, 1.82) is 5.26 Å². The first-order chi connectivity index (χ1) is 8.40. The molecule has 0 bridgehead atoms. The van der Waals surface area contributed by atoms with E-state index in [9.17, 15) is 4.79 Å². The van der Waals surface area contributed by atoms with Crippen molar-refractivity contribution in [1.82, 2.24) is 0 Å². The fourth-order valence-corrected chi connectivity index (χ4v) is 1.34. The Labute approximate surface area is 106 Å². The predicted octanol–water partition coefficient (Wildman–Crippen LogP) is 1.72. The molecule has 0 unspecified atom stereocenters. The Hall–Kier alpha value is -2.22. The van der Waals surface area contributed by atoms with E-state index in [1.165, 1.54) is 13.2 Å². The van der Waals surface area contributed by atoms with Gasteiger partial charge in [-0.25, -0.2) is 0 Å². The largest absolute Gasteiger partial charge is 0.490 e. The van der Waals surface area contributed by atoms with Gasteiger partial charge in [0, 0.05) is 0 Å². The van der Waals surface area contributed by atoms with E-state index in [0.717, 1.165) is 0 Å². The van der Waals surface area contributed by atoms with Crippen LogP contribution in [0.15, 0.2) is 18.2 Å². The molecule has 96 valence electrons. The number of nitriles is 1. The minimum atomic E-state index is -0.755. The second kappa shape index (κ2) is 5.41. The molecule has 0 aromatic heterocycles. The summed E-state index contributed by atoms with van der Waals surface area (Å²) >= 11 is 0. The van der Waals surface area contributed by atoms with Crippen molar-refractivity contribution < 1.29 is 14.3 Å². The maximum Gasteiger partial charge on any atom is 0.314 e. The van der Waals surface area contributed by atoms with E-state index in [4.69, 9.17) is 15.7 Å². The summed E-state index contributed by atoms with van der Waals surface area (Å²) in [6.45, 7) is 3.59. The van der Waals surface area contributed by atoms with Crippen LogP contribution in [0.1, 0.15) is 19.4 Å². The van der Waals surface area contributed by atoms with E-state index in [1.54, 1.807) is 26.0 Å². The van der Waals surface area contributed by atoms with Crippen LogP contribution in [0.2, 0.25) is 0 Å². The number of ether oxygens (including phenoxy) is 2. The summed E-state index contributed by atoms with van der Waals surface area (Å²) in [7, 11) is 1.33. The summed E-state index contributed by atoms with van der Waals surface area (Å²) in [6.07, 6.45) is 0. The van der Waals surface area contributed by atoms with Gasteiger partial charge in [-0.2, -0.15) is 5.26 Å². The molecule has 0 aliphatic rings. The molecule has 18 heavy (non-hydrogen) atoms. The second-order valence-electron chi connectivity index (χ2n) is 4.53. The van der Waals surface area contributed by atoms with Crippen molar-refractivity contribution in [3.05, 3.63) is 23.8 Å². The maximum absolute atomic E-state index is 11.5. The van der Waals surface area contributed by atoms with Gasteiger partial charge in [0.2, 0.25) is 0 Å². The summed E-state index contributed by atoms with van der Waals surface area (Å²) in [6, 6.07) is 6.73. The number of rotatable bonds is 4. The number of nitrogens with zero attached hydrogens (tertiary/aromatic N) is 1. The Morgan fingerprint density at radius 1 is 1.50 bits per heavy atom. The predicted molar refractivity (Wildman–Crippen MR) is 66.9 cm³/mol. The first-order valence-corrected chi connectivity index (χ1v) is 5.41. The topological polar surface area (TPSA) is 85.3 Å². The molecule has 0 spiro atoms. The molecular formula is C13H16N2O3. The molecule has 0 aliphatic heterocycles. The monoisotopic (exact) mass is 248 g/mol. The van der Waals surface area contributed by atoms with E-state index in [-0.39, 0.29) is 12.6 Å². The fraction of sp³-hybridized carbons (Fsp3) is 0.385. The van der Waals surface area contributed by atoms with Gasteiger partial charge in [0.1, 0.15) is 12.4 Å². The third-order valence-corrected chi connectivity index (χ3v) is 2.47. The summed E-state index contributed by atoms with van der Waals surface area (Å²) in [4.78, 5) is 11.5. The Morgan fingerprint density at radius 2 is 2.17 bits per heavy atom. The summed E-state index contributed by atoms with van der Waals surface area (Å²) in [5.41, 5.74) is 5.82. The minimum Gasteiger partial charge on any atom is -0.490 e. The average molecular weight is 248 g/mol. The molecule has 2 N–H and O–H groups in total. The number of anilines is 1. The van der Waals surface area contributed by atoms with Gasteiger partial charge in [0.25, 0.3) is 0 Å². The van der Waals surface area contributed by atoms with Crippen LogP contribution in [0, 0.1) is 16.7 Å². The Balaban J connectivity index is 2.76. The zero-order valence-corrected chi connectivity index (χ0v) is 10.7. The Morgan fingerprint density at radius 3 is 2.67 bits per heavy atom. The van der Waals surface area contributed by atoms with E-state index in [1.807, 2.05) is 6.07 Å². The molecular weight excluding hydrogens is 232 g/mol. The van der Waals surface area contributed by atoms with Crippen LogP contribution in [-0.4, -0.2) is 19.7 Å². The highest BCUT2D eigenvalue weighted by molar-refractivity contribution is 5.76. The minimum absolute atomic E-state index is 0.149.